The van der Waals surface area contributed by atoms with Crippen molar-refractivity contribution in [3.05, 3.63) is 11.6 Å². The van der Waals surface area contributed by atoms with Crippen molar-refractivity contribution in [1.82, 2.24) is 5.32 Å². The number of rotatable bonds is 10. The van der Waals surface area contributed by atoms with Crippen LogP contribution >= 0.6 is 0 Å². The van der Waals surface area contributed by atoms with Gasteiger partial charge in [-0.2, -0.15) is 0 Å². The molecule has 2 aliphatic heterocycles. The quantitative estimate of drug-likeness (QED) is 0.182. The average molecular weight is 675 g/mol. The van der Waals surface area contributed by atoms with Crippen molar-refractivity contribution in [1.29, 1.82) is 0 Å². The van der Waals surface area contributed by atoms with Gasteiger partial charge in [-0.15, -0.1) is 0 Å². The second kappa shape index (κ2) is 13.6. The molecule has 6 aliphatic rings. The summed E-state index contributed by atoms with van der Waals surface area (Å²) < 4.78 is 6.23. The molecule has 2 heterocycles. The van der Waals surface area contributed by atoms with E-state index in [1.807, 2.05) is 0 Å². The highest BCUT2D eigenvalue weighted by Gasteiger charge is 2.70. The third-order valence-electron chi connectivity index (χ3n) is 15.2. The van der Waals surface area contributed by atoms with Crippen LogP contribution in [0.3, 0.4) is 0 Å². The Balaban J connectivity index is 1.25. The standard InChI is InChI=1S/C39H66N2O7/c1-22(2)7-6-8-25-21-48-34(23(25)3)35(45)37(5,46)32-13-16-39(47)27-17-29(42)28-18-30(43)31(44)19-38(28,26(27)12-14-36(32,39)4)15-11-24-9-10-33(40)41-20-24/h17,22-26,28,30-35,41,43-47H,6-16,18-21,40H2,1-5H3. The molecule has 5 fully saturated rings. The molecule has 0 aromatic rings. The number of carbonyl (C=O) groups is 1. The van der Waals surface area contributed by atoms with Gasteiger partial charge in [-0.25, -0.2) is 0 Å². The van der Waals surface area contributed by atoms with Crippen molar-refractivity contribution in [3.63, 3.8) is 0 Å². The van der Waals surface area contributed by atoms with E-state index >= 15 is 0 Å². The number of nitrogens with one attached hydrogen (secondary N) is 1. The number of carbonyl (C=O) groups excluding carboxylic acids is 1. The van der Waals surface area contributed by atoms with E-state index in [0.717, 1.165) is 57.1 Å². The van der Waals surface area contributed by atoms with Crippen molar-refractivity contribution >= 4 is 5.78 Å². The highest BCUT2D eigenvalue weighted by molar-refractivity contribution is 5.95. The molecule has 0 radical (unpaired) electrons. The number of allylic oxidation sites excluding steroid dienone is 1. The summed E-state index contributed by atoms with van der Waals surface area (Å²) in [6.45, 7) is 11.8. The largest absolute Gasteiger partial charge is 0.390 e. The number of aliphatic hydroxyl groups is 5. The molecule has 0 aromatic heterocycles. The van der Waals surface area contributed by atoms with Gasteiger partial charge in [-0.3, -0.25) is 4.79 Å². The molecule has 0 aromatic carbocycles. The van der Waals surface area contributed by atoms with Crippen molar-refractivity contribution in [3.8, 4) is 0 Å². The molecule has 2 saturated heterocycles. The maximum absolute atomic E-state index is 14.1. The van der Waals surface area contributed by atoms with Crippen LogP contribution in [0.1, 0.15) is 118 Å². The summed E-state index contributed by atoms with van der Waals surface area (Å²) in [4.78, 5) is 14.1. The minimum absolute atomic E-state index is 0.0144. The predicted molar refractivity (Wildman–Crippen MR) is 184 cm³/mol. The topological polar surface area (TPSA) is 166 Å². The van der Waals surface area contributed by atoms with Crippen molar-refractivity contribution in [2.24, 2.45) is 58.0 Å². The van der Waals surface area contributed by atoms with Gasteiger partial charge in [0.25, 0.3) is 0 Å². The Hall–Kier alpha value is -0.910. The number of hydrogen-bond acceptors (Lipinski definition) is 9. The smallest absolute Gasteiger partial charge is 0.159 e. The third kappa shape index (κ3) is 6.08. The van der Waals surface area contributed by atoms with Crippen LogP contribution in [0.5, 0.6) is 0 Å². The van der Waals surface area contributed by atoms with Gasteiger partial charge in [0, 0.05) is 11.3 Å². The van der Waals surface area contributed by atoms with E-state index in [0.29, 0.717) is 50.0 Å². The number of ether oxygens (including phenoxy) is 1. The second-order valence-corrected chi connectivity index (χ2v) is 18.2. The summed E-state index contributed by atoms with van der Waals surface area (Å²) in [6, 6.07) is 0. The first-order valence-corrected chi connectivity index (χ1v) is 19.4. The van der Waals surface area contributed by atoms with Crippen LogP contribution in [0, 0.1) is 52.3 Å². The Kier molecular flexibility index (Phi) is 10.4. The van der Waals surface area contributed by atoms with Crippen LogP contribution in [0.2, 0.25) is 0 Å². The first-order chi connectivity index (χ1) is 22.5. The SMILES string of the molecule is CC(C)CCCC1COC(C(O)C(C)(O)C2CCC3(O)C4=CC(=O)C5CC(O)C(O)CC5(CCC5CCC(N)NC5)C4CCC23C)C1C. The lowest BCUT2D eigenvalue weighted by Gasteiger charge is -2.62. The van der Waals surface area contributed by atoms with Crippen molar-refractivity contribution in [2.45, 2.75) is 160 Å². The van der Waals surface area contributed by atoms with Crippen molar-refractivity contribution < 1.29 is 35.1 Å². The number of fused-ring (bicyclic) bond motifs is 5. The number of ketones is 1. The average Bonchev–Trinajstić information content (AvgIpc) is 3.54. The molecule has 8 N–H and O–H groups in total. The lowest BCUT2D eigenvalue weighted by atomic mass is 9.44. The van der Waals surface area contributed by atoms with Crippen LogP contribution in [0.15, 0.2) is 11.6 Å². The Morgan fingerprint density at radius 2 is 1.85 bits per heavy atom. The molecule has 0 amide bonds. The number of aliphatic hydroxyl groups excluding tert-OH is 3. The Bertz CT molecular complexity index is 1200. The summed E-state index contributed by atoms with van der Waals surface area (Å²) in [5, 5.41) is 62.3. The first-order valence-electron chi connectivity index (χ1n) is 19.4. The fourth-order valence-electron chi connectivity index (χ4n) is 12.0. The summed E-state index contributed by atoms with van der Waals surface area (Å²) >= 11 is 0. The van der Waals surface area contributed by atoms with E-state index in [9.17, 15) is 30.3 Å². The summed E-state index contributed by atoms with van der Waals surface area (Å²) in [5.41, 5.74) is 2.73. The molecule has 6 rings (SSSR count). The van der Waals surface area contributed by atoms with Gasteiger partial charge in [0.15, 0.2) is 5.78 Å². The highest BCUT2D eigenvalue weighted by atomic mass is 16.5. The van der Waals surface area contributed by atoms with Gasteiger partial charge in [0.1, 0.15) is 6.10 Å². The molecule has 274 valence electrons. The van der Waals surface area contributed by atoms with Crippen LogP contribution in [-0.2, 0) is 9.53 Å². The first kappa shape index (κ1) is 36.9. The van der Waals surface area contributed by atoms with Gasteiger partial charge >= 0.3 is 0 Å². The molecule has 4 aliphatic carbocycles. The number of hydrogen-bond donors (Lipinski definition) is 7. The van der Waals surface area contributed by atoms with E-state index in [4.69, 9.17) is 10.5 Å². The van der Waals surface area contributed by atoms with Gasteiger partial charge in [-0.05, 0) is 137 Å². The molecule has 0 spiro atoms. The van der Waals surface area contributed by atoms with Crippen LogP contribution in [0.25, 0.3) is 0 Å². The van der Waals surface area contributed by atoms with Crippen LogP contribution in [-0.4, -0.2) is 86.3 Å². The Labute approximate surface area is 288 Å². The van der Waals surface area contributed by atoms with Gasteiger partial charge < -0.3 is 41.3 Å². The monoisotopic (exact) mass is 674 g/mol. The van der Waals surface area contributed by atoms with Crippen LogP contribution < -0.4 is 11.1 Å². The number of piperidine rings is 1. The molecule has 48 heavy (non-hydrogen) atoms. The van der Waals surface area contributed by atoms with Crippen molar-refractivity contribution in [2.75, 3.05) is 13.2 Å². The fraction of sp³-hybridized carbons (Fsp3) is 0.923. The molecule has 9 heteroatoms. The summed E-state index contributed by atoms with van der Waals surface area (Å²) in [5.74, 6) is 0.585. The lowest BCUT2D eigenvalue weighted by molar-refractivity contribution is -0.196. The molecular formula is C39H66N2O7. The van der Waals surface area contributed by atoms with Crippen LogP contribution in [0.4, 0.5) is 0 Å². The Morgan fingerprint density at radius 1 is 1.10 bits per heavy atom. The maximum atomic E-state index is 14.1. The molecule has 15 atom stereocenters. The molecule has 15 unspecified atom stereocenters. The molecule has 9 nitrogen and oxygen atoms in total. The zero-order valence-electron chi connectivity index (χ0n) is 30.2. The van der Waals surface area contributed by atoms with E-state index in [1.165, 1.54) is 6.42 Å². The highest BCUT2D eigenvalue weighted by Crippen LogP contribution is 2.69. The summed E-state index contributed by atoms with van der Waals surface area (Å²) in [6.07, 6.45) is 8.07. The van der Waals surface area contributed by atoms with E-state index in [1.54, 1.807) is 13.0 Å². The van der Waals surface area contributed by atoms with Gasteiger partial charge in [-0.1, -0.05) is 40.5 Å². The van der Waals surface area contributed by atoms with Gasteiger partial charge in [0.2, 0.25) is 0 Å². The zero-order valence-corrected chi connectivity index (χ0v) is 30.2. The molecule has 0 bridgehead atoms. The predicted octanol–water partition coefficient (Wildman–Crippen LogP) is 3.83. The zero-order chi connectivity index (χ0) is 34.8. The minimum Gasteiger partial charge on any atom is -0.390 e. The molecular weight excluding hydrogens is 608 g/mol. The van der Waals surface area contributed by atoms with E-state index < -0.39 is 58.3 Å². The number of nitrogens with two attached hydrogens (primary N) is 1. The summed E-state index contributed by atoms with van der Waals surface area (Å²) in [7, 11) is 0. The normalized spacial score (nSPS) is 48.0. The fourth-order valence-corrected chi connectivity index (χ4v) is 12.0. The lowest BCUT2D eigenvalue weighted by Crippen LogP contribution is -2.64. The van der Waals surface area contributed by atoms with E-state index in [-0.39, 0.29) is 30.2 Å². The minimum atomic E-state index is -1.50. The maximum Gasteiger partial charge on any atom is 0.159 e. The second-order valence-electron chi connectivity index (χ2n) is 18.2. The third-order valence-corrected chi connectivity index (χ3v) is 15.2. The van der Waals surface area contributed by atoms with E-state index in [2.05, 4.69) is 33.0 Å². The molecule has 3 saturated carbocycles. The van der Waals surface area contributed by atoms with Gasteiger partial charge in [0.05, 0.1) is 42.3 Å². The Morgan fingerprint density at radius 3 is 2.54 bits per heavy atom.